The van der Waals surface area contributed by atoms with Crippen LogP contribution in [0.25, 0.3) is 10.8 Å². The smallest absolute Gasteiger partial charge is 0.251 e. The molecule has 94 valence electrons. The maximum atomic E-state index is 11.5. The van der Waals surface area contributed by atoms with Crippen LogP contribution in [0.3, 0.4) is 0 Å². The third-order valence-corrected chi connectivity index (χ3v) is 2.82. The molecule has 0 heterocycles. The van der Waals surface area contributed by atoms with E-state index in [-0.39, 0.29) is 5.91 Å². The minimum absolute atomic E-state index is 0.365. The van der Waals surface area contributed by atoms with E-state index in [4.69, 9.17) is 0 Å². The van der Waals surface area contributed by atoms with Crippen LogP contribution in [0.15, 0.2) is 42.5 Å². The Morgan fingerprint density at radius 2 is 1.83 bits per heavy atom. The van der Waals surface area contributed by atoms with Crippen molar-refractivity contribution >= 4 is 16.7 Å². The Morgan fingerprint density at radius 1 is 1.17 bits per heavy atom. The highest BCUT2D eigenvalue weighted by atomic mass is 16.3. The summed E-state index contributed by atoms with van der Waals surface area (Å²) in [7, 11) is 0. The highest BCUT2D eigenvalue weighted by Gasteiger charge is 2.22. The van der Waals surface area contributed by atoms with Gasteiger partial charge in [-0.1, -0.05) is 36.4 Å². The molecule has 2 aromatic rings. The minimum atomic E-state index is -1.34. The summed E-state index contributed by atoms with van der Waals surface area (Å²) in [6.07, 6.45) is 0. The molecule has 0 unspecified atom stereocenters. The molecule has 0 saturated heterocycles. The van der Waals surface area contributed by atoms with E-state index < -0.39 is 5.60 Å². The lowest BCUT2D eigenvalue weighted by Gasteiger charge is -2.16. The third kappa shape index (κ3) is 2.87. The molecule has 2 N–H and O–H groups in total. The molecule has 0 fully saturated rings. The number of hydrogen-bond acceptors (Lipinski definition) is 2. The average molecular weight is 243 g/mol. The number of fused-ring (bicyclic) bond motifs is 1. The summed E-state index contributed by atoms with van der Waals surface area (Å²) in [6, 6.07) is 14.1. The molecule has 0 radical (unpaired) electrons. The lowest BCUT2D eigenvalue weighted by Crippen LogP contribution is -2.41. The molecule has 0 aromatic heterocycles. The molecule has 0 saturated carbocycles. The normalized spacial score (nSPS) is 11.5. The molecule has 0 aliphatic heterocycles. The van der Waals surface area contributed by atoms with Crippen molar-refractivity contribution in [3.8, 4) is 0 Å². The van der Waals surface area contributed by atoms with Crippen LogP contribution < -0.4 is 5.32 Å². The van der Waals surface area contributed by atoms with Gasteiger partial charge in [-0.3, -0.25) is 4.79 Å². The molecule has 0 aliphatic rings. The monoisotopic (exact) mass is 243 g/mol. The molecule has 2 rings (SSSR count). The number of benzene rings is 2. The number of rotatable bonds is 3. The summed E-state index contributed by atoms with van der Waals surface area (Å²) >= 11 is 0. The second-order valence-corrected chi connectivity index (χ2v) is 4.92. The van der Waals surface area contributed by atoms with Crippen LogP contribution in [0.2, 0.25) is 0 Å². The largest absolute Gasteiger partial charge is 0.381 e. The zero-order valence-electron chi connectivity index (χ0n) is 10.6. The van der Waals surface area contributed by atoms with Crippen molar-refractivity contribution in [3.05, 3.63) is 48.0 Å². The maximum absolute atomic E-state index is 11.5. The Kier molecular flexibility index (Phi) is 3.34. The molecule has 0 spiro atoms. The average Bonchev–Trinajstić information content (AvgIpc) is 2.34. The van der Waals surface area contributed by atoms with Gasteiger partial charge in [-0.2, -0.15) is 0 Å². The van der Waals surface area contributed by atoms with E-state index >= 15 is 0 Å². The van der Waals surface area contributed by atoms with Crippen LogP contribution in [-0.4, -0.2) is 16.6 Å². The topological polar surface area (TPSA) is 49.3 Å². The number of carbonyl (C=O) groups is 1. The van der Waals surface area contributed by atoms with Crippen molar-refractivity contribution in [2.45, 2.75) is 26.0 Å². The van der Waals surface area contributed by atoms with Crippen molar-refractivity contribution in [3.63, 3.8) is 0 Å². The van der Waals surface area contributed by atoms with Crippen LogP contribution in [-0.2, 0) is 11.3 Å². The van der Waals surface area contributed by atoms with E-state index in [0.717, 1.165) is 10.9 Å². The van der Waals surface area contributed by atoms with Crippen LogP contribution in [0, 0.1) is 0 Å². The van der Waals surface area contributed by atoms with Gasteiger partial charge >= 0.3 is 0 Å². The zero-order valence-corrected chi connectivity index (χ0v) is 10.6. The molecule has 2 aromatic carbocycles. The molecule has 18 heavy (non-hydrogen) atoms. The minimum Gasteiger partial charge on any atom is -0.381 e. The Balaban J connectivity index is 2.11. The molecule has 0 aliphatic carbocycles. The van der Waals surface area contributed by atoms with E-state index in [1.165, 1.54) is 19.2 Å². The first kappa shape index (κ1) is 12.6. The number of hydrogen-bond donors (Lipinski definition) is 2. The number of aliphatic hydroxyl groups is 1. The van der Waals surface area contributed by atoms with Gasteiger partial charge in [0.2, 0.25) is 0 Å². The first-order chi connectivity index (χ1) is 8.47. The van der Waals surface area contributed by atoms with Gasteiger partial charge in [-0.25, -0.2) is 0 Å². The van der Waals surface area contributed by atoms with Gasteiger partial charge in [-0.15, -0.1) is 0 Å². The number of nitrogens with one attached hydrogen (secondary N) is 1. The predicted octanol–water partition coefficient (Wildman–Crippen LogP) is 2.23. The van der Waals surface area contributed by atoms with Gasteiger partial charge in [0.1, 0.15) is 5.60 Å². The van der Waals surface area contributed by atoms with E-state index in [1.807, 2.05) is 36.4 Å². The van der Waals surface area contributed by atoms with Gasteiger partial charge in [0.25, 0.3) is 5.91 Å². The zero-order chi connectivity index (χ0) is 13.2. The molecule has 0 bridgehead atoms. The Morgan fingerprint density at radius 3 is 2.50 bits per heavy atom. The van der Waals surface area contributed by atoms with Crippen molar-refractivity contribution in [2.24, 2.45) is 0 Å². The maximum Gasteiger partial charge on any atom is 0.251 e. The van der Waals surface area contributed by atoms with Crippen LogP contribution in [0.4, 0.5) is 0 Å². The van der Waals surface area contributed by atoms with E-state index in [0.29, 0.717) is 6.54 Å². The van der Waals surface area contributed by atoms with Gasteiger partial charge in [-0.05, 0) is 36.2 Å². The van der Waals surface area contributed by atoms with Crippen LogP contribution >= 0.6 is 0 Å². The molecular weight excluding hydrogens is 226 g/mol. The SMILES string of the molecule is CC(C)(O)C(=O)NCc1ccc2ccccc2c1. The highest BCUT2D eigenvalue weighted by Crippen LogP contribution is 2.15. The lowest BCUT2D eigenvalue weighted by molar-refractivity contribution is -0.136. The van der Waals surface area contributed by atoms with E-state index in [1.54, 1.807) is 0 Å². The molecule has 0 atom stereocenters. The van der Waals surface area contributed by atoms with Gasteiger partial charge in [0, 0.05) is 6.54 Å². The Bertz CT molecular complexity index is 570. The van der Waals surface area contributed by atoms with Crippen molar-refractivity contribution in [2.75, 3.05) is 0 Å². The quantitative estimate of drug-likeness (QED) is 0.868. The van der Waals surface area contributed by atoms with E-state index in [2.05, 4.69) is 11.4 Å². The van der Waals surface area contributed by atoms with Crippen molar-refractivity contribution < 1.29 is 9.90 Å². The summed E-state index contributed by atoms with van der Waals surface area (Å²) in [4.78, 5) is 11.5. The molecule has 3 nitrogen and oxygen atoms in total. The highest BCUT2D eigenvalue weighted by molar-refractivity contribution is 5.85. The molecule has 1 amide bonds. The third-order valence-electron chi connectivity index (χ3n) is 2.82. The Hall–Kier alpha value is -1.87. The number of amides is 1. The standard InChI is InChI=1S/C15H17NO2/c1-15(2,18)14(17)16-10-11-7-8-12-5-3-4-6-13(12)9-11/h3-9,18H,10H2,1-2H3,(H,16,17). The fourth-order valence-corrected chi connectivity index (χ4v) is 1.75. The van der Waals surface area contributed by atoms with Gasteiger partial charge < -0.3 is 10.4 Å². The predicted molar refractivity (Wildman–Crippen MR) is 72.1 cm³/mol. The summed E-state index contributed by atoms with van der Waals surface area (Å²) < 4.78 is 0. The summed E-state index contributed by atoms with van der Waals surface area (Å²) in [6.45, 7) is 3.37. The fraction of sp³-hybridized carbons (Fsp3) is 0.267. The molecule has 3 heteroatoms. The summed E-state index contributed by atoms with van der Waals surface area (Å²) in [5.74, 6) is -0.365. The second kappa shape index (κ2) is 4.78. The van der Waals surface area contributed by atoms with Crippen molar-refractivity contribution in [1.82, 2.24) is 5.32 Å². The van der Waals surface area contributed by atoms with Crippen molar-refractivity contribution in [1.29, 1.82) is 0 Å². The van der Waals surface area contributed by atoms with Crippen LogP contribution in [0.1, 0.15) is 19.4 Å². The first-order valence-electron chi connectivity index (χ1n) is 5.95. The van der Waals surface area contributed by atoms with E-state index in [9.17, 15) is 9.90 Å². The summed E-state index contributed by atoms with van der Waals surface area (Å²) in [5.41, 5.74) is -0.317. The van der Waals surface area contributed by atoms with Gasteiger partial charge in [0.05, 0.1) is 0 Å². The van der Waals surface area contributed by atoms with Gasteiger partial charge in [0.15, 0.2) is 0 Å². The fourth-order valence-electron chi connectivity index (χ4n) is 1.75. The van der Waals surface area contributed by atoms with Crippen LogP contribution in [0.5, 0.6) is 0 Å². The lowest BCUT2D eigenvalue weighted by atomic mass is 10.1. The summed E-state index contributed by atoms with van der Waals surface area (Å²) in [5, 5.41) is 14.6. The second-order valence-electron chi connectivity index (χ2n) is 4.92. The number of carbonyl (C=O) groups excluding carboxylic acids is 1. The first-order valence-corrected chi connectivity index (χ1v) is 5.95. The Labute approximate surface area is 106 Å². The molecular formula is C15H17NO2.